The van der Waals surface area contributed by atoms with E-state index in [1.165, 1.54) is 28.4 Å². The molecule has 2 atom stereocenters. The number of aliphatic hydroxyl groups excluding tert-OH is 1. The molecule has 0 bridgehead atoms. The number of benzene rings is 2. The number of carbonyl (C=O) groups excluding carboxylic acids is 1. The van der Waals surface area contributed by atoms with Crippen LogP contribution in [0.5, 0.6) is 0 Å². The zero-order chi connectivity index (χ0) is 24.1. The third-order valence-corrected chi connectivity index (χ3v) is 5.70. The van der Waals surface area contributed by atoms with Crippen molar-refractivity contribution < 1.29 is 18.7 Å². The van der Waals surface area contributed by atoms with Gasteiger partial charge in [0.05, 0.1) is 18.3 Å². The van der Waals surface area contributed by atoms with Gasteiger partial charge in [-0.05, 0) is 41.7 Å². The Kier molecular flexibility index (Phi) is 7.34. The summed E-state index contributed by atoms with van der Waals surface area (Å²) < 4.78 is 29.0. The lowest BCUT2D eigenvalue weighted by Crippen LogP contribution is -2.49. The number of aromatic amines is 1. The highest BCUT2D eigenvalue weighted by molar-refractivity contribution is 5.93. The topological polar surface area (TPSA) is 94.4 Å². The fourth-order valence-electron chi connectivity index (χ4n) is 3.94. The van der Waals surface area contributed by atoms with Gasteiger partial charge in [0.1, 0.15) is 17.3 Å². The van der Waals surface area contributed by atoms with Crippen LogP contribution < -0.4 is 10.6 Å². The maximum atomic E-state index is 13.7. The quantitative estimate of drug-likeness (QED) is 0.288. The molecule has 9 heteroatoms. The molecule has 178 valence electrons. The molecular formula is C25H27F2N5O2. The average Bonchev–Trinajstić information content (AvgIpc) is 3.42. The lowest BCUT2D eigenvalue weighted by Gasteiger charge is -2.25. The van der Waals surface area contributed by atoms with Crippen LogP contribution in [-0.4, -0.2) is 44.3 Å². The van der Waals surface area contributed by atoms with Crippen LogP contribution >= 0.6 is 0 Å². The summed E-state index contributed by atoms with van der Waals surface area (Å²) in [6, 6.07) is 12.2. The van der Waals surface area contributed by atoms with E-state index in [4.69, 9.17) is 0 Å². The first-order chi connectivity index (χ1) is 16.4. The average molecular weight is 468 g/mol. The first-order valence-electron chi connectivity index (χ1n) is 11.2. The Labute approximate surface area is 195 Å². The van der Waals surface area contributed by atoms with Crippen molar-refractivity contribution in [2.24, 2.45) is 0 Å². The molecule has 4 rings (SSSR count). The minimum absolute atomic E-state index is 0.0429. The maximum absolute atomic E-state index is 13.7. The molecule has 2 heterocycles. The van der Waals surface area contributed by atoms with E-state index in [1.54, 1.807) is 12.3 Å². The summed E-state index contributed by atoms with van der Waals surface area (Å²) in [5.41, 5.74) is 3.45. The Bertz CT molecular complexity index is 1250. The highest BCUT2D eigenvalue weighted by atomic mass is 19.1. The highest BCUT2D eigenvalue weighted by Crippen LogP contribution is 2.13. The van der Waals surface area contributed by atoms with Crippen molar-refractivity contribution in [3.8, 4) is 0 Å². The first-order valence-corrected chi connectivity index (χ1v) is 11.2. The van der Waals surface area contributed by atoms with Gasteiger partial charge in [-0.3, -0.25) is 9.89 Å². The normalized spacial score (nSPS) is 13.2. The summed E-state index contributed by atoms with van der Waals surface area (Å²) >= 11 is 0. The highest BCUT2D eigenvalue weighted by Gasteiger charge is 2.24. The van der Waals surface area contributed by atoms with Crippen molar-refractivity contribution in [3.63, 3.8) is 0 Å². The van der Waals surface area contributed by atoms with Crippen LogP contribution in [0.15, 0.2) is 60.9 Å². The van der Waals surface area contributed by atoms with Gasteiger partial charge in [0.2, 0.25) is 0 Å². The minimum atomic E-state index is -1.02. The number of H-pyrrole nitrogens is 1. The van der Waals surface area contributed by atoms with Crippen LogP contribution in [0.3, 0.4) is 0 Å². The number of aliphatic hydroxyl groups is 1. The molecule has 0 spiro atoms. The molecule has 2 aromatic carbocycles. The molecule has 0 saturated carbocycles. The van der Waals surface area contributed by atoms with Gasteiger partial charge in [-0.1, -0.05) is 31.2 Å². The number of rotatable bonds is 10. The number of halogens is 2. The number of fused-ring (bicyclic) bond motifs is 1. The van der Waals surface area contributed by atoms with Gasteiger partial charge < -0.3 is 15.7 Å². The molecule has 0 aliphatic heterocycles. The van der Waals surface area contributed by atoms with E-state index < -0.39 is 29.7 Å². The van der Waals surface area contributed by atoms with E-state index in [9.17, 15) is 18.7 Å². The number of hydrogen-bond acceptors (Lipinski definition) is 4. The van der Waals surface area contributed by atoms with Gasteiger partial charge in [-0.2, -0.15) is 0 Å². The number of nitrogens with zero attached hydrogens (tertiary/aromatic N) is 2. The smallest absolute Gasteiger partial charge is 0.271 e. The van der Waals surface area contributed by atoms with Gasteiger partial charge in [0.15, 0.2) is 5.65 Å². The number of hydrogen-bond donors (Lipinski definition) is 4. The predicted octanol–water partition coefficient (Wildman–Crippen LogP) is 2.99. The SMILES string of the molecule is CCc1cccc(CNC[C@H](O)[C@H](Cc2cc(F)cc(F)c2)NC(=O)c2cnc3cc[nH]n23)c1. The number of carbonyl (C=O) groups is 1. The van der Waals surface area contributed by atoms with Gasteiger partial charge in [-0.25, -0.2) is 18.3 Å². The molecule has 0 aliphatic carbocycles. The Morgan fingerprint density at radius 1 is 1.12 bits per heavy atom. The van der Waals surface area contributed by atoms with Gasteiger partial charge in [0.25, 0.3) is 5.91 Å². The number of nitrogens with one attached hydrogen (secondary N) is 3. The van der Waals surface area contributed by atoms with Crippen molar-refractivity contribution in [2.45, 2.75) is 38.5 Å². The molecule has 0 aliphatic rings. The summed E-state index contributed by atoms with van der Waals surface area (Å²) in [4.78, 5) is 17.1. The molecule has 1 amide bonds. The van der Waals surface area contributed by atoms with Crippen LogP contribution in [0.25, 0.3) is 5.65 Å². The van der Waals surface area contributed by atoms with E-state index in [1.807, 2.05) is 12.1 Å². The predicted molar refractivity (Wildman–Crippen MR) is 124 cm³/mol. The Balaban J connectivity index is 1.47. The van der Waals surface area contributed by atoms with E-state index in [2.05, 4.69) is 39.8 Å². The largest absolute Gasteiger partial charge is 0.390 e. The summed E-state index contributed by atoms with van der Waals surface area (Å²) in [5, 5.41) is 19.8. The summed E-state index contributed by atoms with van der Waals surface area (Å²) in [5.74, 6) is -1.90. The van der Waals surface area contributed by atoms with Crippen molar-refractivity contribution in [1.29, 1.82) is 0 Å². The lowest BCUT2D eigenvalue weighted by molar-refractivity contribution is 0.0823. The number of aromatic nitrogens is 3. The summed E-state index contributed by atoms with van der Waals surface area (Å²) in [6.45, 7) is 2.79. The van der Waals surface area contributed by atoms with Gasteiger partial charge in [0, 0.05) is 31.4 Å². The van der Waals surface area contributed by atoms with Crippen molar-refractivity contribution in [1.82, 2.24) is 25.2 Å². The molecule has 34 heavy (non-hydrogen) atoms. The molecule has 0 radical (unpaired) electrons. The summed E-state index contributed by atoms with van der Waals surface area (Å²) in [7, 11) is 0. The van der Waals surface area contributed by atoms with Crippen LogP contribution in [-0.2, 0) is 19.4 Å². The molecule has 2 aromatic heterocycles. The second-order valence-corrected chi connectivity index (χ2v) is 8.23. The van der Waals surface area contributed by atoms with Crippen LogP contribution in [0.1, 0.15) is 34.1 Å². The number of imidazole rings is 1. The van der Waals surface area contributed by atoms with Crippen LogP contribution in [0, 0.1) is 11.6 Å². The third kappa shape index (κ3) is 5.67. The third-order valence-electron chi connectivity index (χ3n) is 5.70. The van der Waals surface area contributed by atoms with Crippen molar-refractivity contribution in [2.75, 3.05) is 6.54 Å². The Morgan fingerprint density at radius 2 is 1.88 bits per heavy atom. The number of aryl methyl sites for hydroxylation is 1. The van der Waals surface area contributed by atoms with Gasteiger partial charge in [-0.15, -0.1) is 0 Å². The van der Waals surface area contributed by atoms with E-state index in [-0.39, 0.29) is 18.7 Å². The zero-order valence-corrected chi connectivity index (χ0v) is 18.8. The monoisotopic (exact) mass is 467 g/mol. The molecule has 7 nitrogen and oxygen atoms in total. The van der Waals surface area contributed by atoms with Crippen molar-refractivity contribution in [3.05, 3.63) is 94.9 Å². The zero-order valence-electron chi connectivity index (χ0n) is 18.8. The molecule has 4 N–H and O–H groups in total. The Hall–Kier alpha value is -3.56. The van der Waals surface area contributed by atoms with Crippen LogP contribution in [0.4, 0.5) is 8.78 Å². The van der Waals surface area contributed by atoms with Crippen molar-refractivity contribution >= 4 is 11.6 Å². The molecular weight excluding hydrogens is 440 g/mol. The molecule has 0 saturated heterocycles. The summed E-state index contributed by atoms with van der Waals surface area (Å²) in [6.07, 6.45) is 3.03. The van der Waals surface area contributed by atoms with E-state index in [0.717, 1.165) is 18.1 Å². The van der Waals surface area contributed by atoms with E-state index >= 15 is 0 Å². The number of amides is 1. The Morgan fingerprint density at radius 3 is 2.65 bits per heavy atom. The molecule has 0 unspecified atom stereocenters. The first kappa shape index (κ1) is 23.6. The minimum Gasteiger partial charge on any atom is -0.390 e. The molecule has 0 fully saturated rings. The lowest BCUT2D eigenvalue weighted by atomic mass is 10.00. The van der Waals surface area contributed by atoms with Gasteiger partial charge >= 0.3 is 0 Å². The van der Waals surface area contributed by atoms with Crippen LogP contribution in [0.2, 0.25) is 0 Å². The fourth-order valence-corrected chi connectivity index (χ4v) is 3.94. The maximum Gasteiger partial charge on any atom is 0.271 e. The molecule has 4 aromatic rings. The standard InChI is InChI=1S/C25H27F2N5O2/c1-2-16-4-3-5-17(8-16)13-28-15-23(33)21(11-18-9-19(26)12-20(27)10-18)31-25(34)22-14-29-24-6-7-30-32(22)24/h3-10,12,14,21,23,28,30,33H,2,11,13,15H2,1H3,(H,31,34)/t21-,23-/m0/s1. The fraction of sp³-hybridized carbons (Fsp3) is 0.280. The van der Waals surface area contributed by atoms with E-state index in [0.29, 0.717) is 17.8 Å². The second kappa shape index (κ2) is 10.6. The second-order valence-electron chi connectivity index (χ2n) is 8.23.